The van der Waals surface area contributed by atoms with Crippen molar-refractivity contribution in [1.82, 2.24) is 10.1 Å². The predicted molar refractivity (Wildman–Crippen MR) is 69.6 cm³/mol. The van der Waals surface area contributed by atoms with Crippen LogP contribution in [-0.2, 0) is 6.42 Å². The zero-order valence-corrected chi connectivity index (χ0v) is 9.91. The molecule has 0 bridgehead atoms. The standard InChI is InChI=1S/C13H13N3O2/c1-7-9(6-11-12(14)13(17)16-18-11)8-4-2-3-5-10(8)15-7/h2-5,15H,6,14H2,1H3,(H,16,17). The van der Waals surface area contributed by atoms with Crippen molar-refractivity contribution in [2.75, 3.05) is 5.73 Å². The van der Waals surface area contributed by atoms with Crippen molar-refractivity contribution in [3.8, 4) is 0 Å². The first-order valence-electron chi connectivity index (χ1n) is 5.69. The summed E-state index contributed by atoms with van der Waals surface area (Å²) in [6, 6.07) is 8.01. The molecule has 0 aliphatic rings. The van der Waals surface area contributed by atoms with Crippen LogP contribution >= 0.6 is 0 Å². The number of aromatic amines is 2. The molecule has 0 radical (unpaired) electrons. The molecule has 5 heteroatoms. The molecule has 0 fully saturated rings. The molecule has 2 heterocycles. The summed E-state index contributed by atoms with van der Waals surface area (Å²) in [6.07, 6.45) is 0.500. The Morgan fingerprint density at radius 2 is 2.11 bits per heavy atom. The summed E-state index contributed by atoms with van der Waals surface area (Å²) >= 11 is 0. The van der Waals surface area contributed by atoms with E-state index in [0.717, 1.165) is 22.2 Å². The van der Waals surface area contributed by atoms with Gasteiger partial charge >= 0.3 is 5.56 Å². The molecular weight excluding hydrogens is 230 g/mol. The van der Waals surface area contributed by atoms with Gasteiger partial charge in [0.25, 0.3) is 0 Å². The van der Waals surface area contributed by atoms with Gasteiger partial charge in [-0.1, -0.05) is 18.2 Å². The minimum Gasteiger partial charge on any atom is -0.391 e. The van der Waals surface area contributed by atoms with Gasteiger partial charge in [0.1, 0.15) is 5.69 Å². The molecule has 0 unspecified atom stereocenters. The Balaban J connectivity index is 2.12. The molecule has 0 aliphatic carbocycles. The van der Waals surface area contributed by atoms with Crippen molar-refractivity contribution in [3.63, 3.8) is 0 Å². The largest absolute Gasteiger partial charge is 0.391 e. The fraction of sp³-hybridized carbons (Fsp3) is 0.154. The van der Waals surface area contributed by atoms with Crippen LogP contribution < -0.4 is 11.3 Å². The van der Waals surface area contributed by atoms with Gasteiger partial charge in [-0.3, -0.25) is 4.79 Å². The SMILES string of the molecule is Cc1[nH]c2ccccc2c1Cc1o[nH]c(=O)c1N. The number of benzene rings is 1. The Bertz CT molecular complexity index is 764. The van der Waals surface area contributed by atoms with E-state index >= 15 is 0 Å². The summed E-state index contributed by atoms with van der Waals surface area (Å²) < 4.78 is 5.10. The number of fused-ring (bicyclic) bond motifs is 1. The summed E-state index contributed by atoms with van der Waals surface area (Å²) in [5.74, 6) is 0.479. The van der Waals surface area contributed by atoms with E-state index in [2.05, 4.69) is 10.1 Å². The lowest BCUT2D eigenvalue weighted by atomic mass is 10.1. The quantitative estimate of drug-likeness (QED) is 0.642. The monoisotopic (exact) mass is 243 g/mol. The van der Waals surface area contributed by atoms with Crippen molar-refractivity contribution in [2.24, 2.45) is 0 Å². The maximum Gasteiger partial charge on any atom is 0.303 e. The molecule has 0 amide bonds. The first-order valence-corrected chi connectivity index (χ1v) is 5.69. The van der Waals surface area contributed by atoms with E-state index in [0.29, 0.717) is 12.2 Å². The highest BCUT2D eigenvalue weighted by molar-refractivity contribution is 5.84. The first-order chi connectivity index (χ1) is 8.66. The maximum atomic E-state index is 11.2. The van der Waals surface area contributed by atoms with E-state index in [-0.39, 0.29) is 11.2 Å². The number of aromatic nitrogens is 2. The number of nitrogens with one attached hydrogen (secondary N) is 2. The number of nitrogens with two attached hydrogens (primary N) is 1. The molecule has 5 nitrogen and oxygen atoms in total. The van der Waals surface area contributed by atoms with E-state index in [1.807, 2.05) is 31.2 Å². The van der Waals surface area contributed by atoms with Crippen LogP contribution in [0.15, 0.2) is 33.6 Å². The van der Waals surface area contributed by atoms with Crippen LogP contribution in [0.5, 0.6) is 0 Å². The van der Waals surface area contributed by atoms with E-state index in [1.165, 1.54) is 0 Å². The average Bonchev–Trinajstić information content (AvgIpc) is 2.85. The van der Waals surface area contributed by atoms with Crippen LogP contribution in [0, 0.1) is 6.92 Å². The number of H-pyrrole nitrogens is 2. The normalized spacial score (nSPS) is 11.2. The molecular formula is C13H13N3O2. The highest BCUT2D eigenvalue weighted by Crippen LogP contribution is 2.25. The van der Waals surface area contributed by atoms with Gasteiger partial charge in [-0.25, -0.2) is 0 Å². The summed E-state index contributed by atoms with van der Waals surface area (Å²) in [7, 11) is 0. The van der Waals surface area contributed by atoms with Crippen molar-refractivity contribution >= 4 is 16.6 Å². The van der Waals surface area contributed by atoms with Crippen molar-refractivity contribution in [2.45, 2.75) is 13.3 Å². The smallest absolute Gasteiger partial charge is 0.303 e. The Labute approximate surface area is 103 Å². The van der Waals surface area contributed by atoms with Crippen LogP contribution in [0.1, 0.15) is 17.0 Å². The average molecular weight is 243 g/mol. The predicted octanol–water partition coefficient (Wildman–Crippen LogP) is 1.93. The molecule has 18 heavy (non-hydrogen) atoms. The van der Waals surface area contributed by atoms with E-state index < -0.39 is 0 Å². The van der Waals surface area contributed by atoms with Crippen LogP contribution in [0.25, 0.3) is 10.9 Å². The van der Waals surface area contributed by atoms with Crippen molar-refractivity contribution in [1.29, 1.82) is 0 Å². The van der Waals surface area contributed by atoms with Gasteiger partial charge in [-0.15, -0.1) is 0 Å². The summed E-state index contributed by atoms with van der Waals surface area (Å²) in [6.45, 7) is 2.00. The summed E-state index contributed by atoms with van der Waals surface area (Å²) in [5, 5.41) is 3.37. The molecule has 1 aromatic carbocycles. The van der Waals surface area contributed by atoms with Crippen LogP contribution in [0.2, 0.25) is 0 Å². The molecule has 3 rings (SSSR count). The minimum atomic E-state index is -0.373. The van der Waals surface area contributed by atoms with Gasteiger partial charge in [-0.05, 0) is 18.6 Å². The zero-order valence-electron chi connectivity index (χ0n) is 9.91. The second kappa shape index (κ2) is 3.80. The Kier molecular flexibility index (Phi) is 2.26. The number of anilines is 1. The van der Waals surface area contributed by atoms with Crippen LogP contribution in [0.4, 0.5) is 5.69 Å². The number of hydrogen-bond acceptors (Lipinski definition) is 3. The molecule has 0 saturated carbocycles. The molecule has 3 aromatic rings. The lowest BCUT2D eigenvalue weighted by molar-refractivity contribution is 0.385. The molecule has 4 N–H and O–H groups in total. The lowest BCUT2D eigenvalue weighted by Gasteiger charge is -1.98. The topological polar surface area (TPSA) is 87.8 Å². The lowest BCUT2D eigenvalue weighted by Crippen LogP contribution is -2.05. The number of hydrogen-bond donors (Lipinski definition) is 3. The summed E-state index contributed by atoms with van der Waals surface area (Å²) in [4.78, 5) is 14.5. The number of aryl methyl sites for hydroxylation is 1. The Hall–Kier alpha value is -2.43. The Morgan fingerprint density at radius 1 is 1.33 bits per heavy atom. The fourth-order valence-electron chi connectivity index (χ4n) is 2.20. The number of para-hydroxylation sites is 1. The zero-order chi connectivity index (χ0) is 12.7. The van der Waals surface area contributed by atoms with E-state index in [9.17, 15) is 4.79 Å². The van der Waals surface area contributed by atoms with Gasteiger partial charge in [0.05, 0.1) is 0 Å². The Morgan fingerprint density at radius 3 is 2.83 bits per heavy atom. The number of rotatable bonds is 2. The number of nitrogen functional groups attached to an aromatic ring is 1. The first kappa shape index (κ1) is 10.7. The molecule has 2 aromatic heterocycles. The second-order valence-corrected chi connectivity index (χ2v) is 4.32. The molecule has 92 valence electrons. The van der Waals surface area contributed by atoms with Gasteiger partial charge in [0.2, 0.25) is 0 Å². The molecule has 0 spiro atoms. The molecule has 0 saturated heterocycles. The maximum absolute atomic E-state index is 11.2. The van der Waals surface area contributed by atoms with Gasteiger partial charge < -0.3 is 15.2 Å². The summed E-state index contributed by atoms with van der Waals surface area (Å²) in [5.41, 5.74) is 8.67. The third-order valence-electron chi connectivity index (χ3n) is 3.18. The van der Waals surface area contributed by atoms with Gasteiger partial charge in [0.15, 0.2) is 5.76 Å². The molecule has 0 aliphatic heterocycles. The van der Waals surface area contributed by atoms with Crippen LogP contribution in [-0.4, -0.2) is 10.1 Å². The molecule has 0 atom stereocenters. The van der Waals surface area contributed by atoms with Crippen molar-refractivity contribution < 1.29 is 4.52 Å². The van der Waals surface area contributed by atoms with E-state index in [1.54, 1.807) is 0 Å². The fourth-order valence-corrected chi connectivity index (χ4v) is 2.20. The third-order valence-corrected chi connectivity index (χ3v) is 3.18. The van der Waals surface area contributed by atoms with Crippen LogP contribution in [0.3, 0.4) is 0 Å². The van der Waals surface area contributed by atoms with Gasteiger partial charge in [0, 0.05) is 23.0 Å². The van der Waals surface area contributed by atoms with Gasteiger partial charge in [-0.2, -0.15) is 5.16 Å². The highest BCUT2D eigenvalue weighted by Gasteiger charge is 2.14. The van der Waals surface area contributed by atoms with Crippen molar-refractivity contribution in [3.05, 3.63) is 51.6 Å². The second-order valence-electron chi connectivity index (χ2n) is 4.32. The minimum absolute atomic E-state index is 0.152. The highest BCUT2D eigenvalue weighted by atomic mass is 16.5. The third kappa shape index (κ3) is 1.52. The van der Waals surface area contributed by atoms with E-state index in [4.69, 9.17) is 10.3 Å².